The molecule has 0 saturated carbocycles. The number of aromatic nitrogens is 2. The summed E-state index contributed by atoms with van der Waals surface area (Å²) in [6.07, 6.45) is 7.04. The Kier molecular flexibility index (Phi) is 3.75. The van der Waals surface area contributed by atoms with Gasteiger partial charge >= 0.3 is 0 Å². The number of nitrogens with zero attached hydrogens (tertiary/aromatic N) is 2. The van der Waals surface area contributed by atoms with E-state index in [9.17, 15) is 4.79 Å². The maximum atomic E-state index is 11.1. The lowest BCUT2D eigenvalue weighted by molar-refractivity contribution is -0.114. The molecule has 1 amide bonds. The third-order valence-corrected chi connectivity index (χ3v) is 3.92. The van der Waals surface area contributed by atoms with Gasteiger partial charge in [0, 0.05) is 41.5 Å². The van der Waals surface area contributed by atoms with Crippen LogP contribution in [0.15, 0.2) is 54.4 Å². The van der Waals surface area contributed by atoms with Crippen molar-refractivity contribution in [2.24, 2.45) is 0 Å². The van der Waals surface area contributed by atoms with Gasteiger partial charge in [-0.05, 0) is 29.1 Å². The first-order valence-corrected chi connectivity index (χ1v) is 7.32. The fraction of sp³-hybridized carbons (Fsp3) is 0.0625. The Balaban J connectivity index is 1.91. The van der Waals surface area contributed by atoms with Gasteiger partial charge in [0.2, 0.25) is 5.91 Å². The van der Waals surface area contributed by atoms with Crippen LogP contribution in [0, 0.1) is 0 Å². The normalized spacial score (nSPS) is 10.3. The first kappa shape index (κ1) is 13.5. The molecule has 4 nitrogen and oxygen atoms in total. The van der Waals surface area contributed by atoms with Gasteiger partial charge in [-0.2, -0.15) is 0 Å². The first-order chi connectivity index (χ1) is 10.2. The maximum Gasteiger partial charge on any atom is 0.221 e. The monoisotopic (exact) mass is 295 g/mol. The van der Waals surface area contributed by atoms with Gasteiger partial charge in [-0.15, -0.1) is 11.3 Å². The summed E-state index contributed by atoms with van der Waals surface area (Å²) in [5.74, 6) is -0.101. The van der Waals surface area contributed by atoms with Crippen LogP contribution in [0.4, 0.5) is 5.69 Å². The molecule has 0 bridgehead atoms. The van der Waals surface area contributed by atoms with E-state index in [4.69, 9.17) is 0 Å². The van der Waals surface area contributed by atoms with Crippen LogP contribution in [0.2, 0.25) is 0 Å². The molecule has 0 atom stereocenters. The van der Waals surface area contributed by atoms with Gasteiger partial charge < -0.3 is 5.32 Å². The Morgan fingerprint density at radius 3 is 2.71 bits per heavy atom. The molecule has 0 aliphatic carbocycles. The van der Waals surface area contributed by atoms with Crippen molar-refractivity contribution in [3.63, 3.8) is 0 Å². The molecule has 1 N–H and O–H groups in total. The van der Waals surface area contributed by atoms with Crippen LogP contribution in [-0.2, 0) is 4.79 Å². The van der Waals surface area contributed by atoms with Crippen LogP contribution in [0.25, 0.3) is 21.6 Å². The molecular weight excluding hydrogens is 282 g/mol. The summed E-state index contributed by atoms with van der Waals surface area (Å²) in [6, 6.07) is 7.99. The topological polar surface area (TPSA) is 54.9 Å². The third-order valence-electron chi connectivity index (χ3n) is 2.94. The number of thiophene rings is 1. The Hall–Kier alpha value is -2.53. The molecule has 5 heteroatoms. The number of hydrogen-bond acceptors (Lipinski definition) is 4. The molecule has 3 aromatic rings. The van der Waals surface area contributed by atoms with E-state index in [1.165, 1.54) is 6.92 Å². The van der Waals surface area contributed by atoms with Crippen LogP contribution in [0.5, 0.6) is 0 Å². The molecule has 0 aromatic carbocycles. The van der Waals surface area contributed by atoms with E-state index in [1.807, 2.05) is 24.4 Å². The number of hydrogen-bond donors (Lipinski definition) is 1. The molecule has 0 spiro atoms. The number of rotatable bonds is 3. The zero-order valence-corrected chi connectivity index (χ0v) is 12.2. The van der Waals surface area contributed by atoms with Crippen molar-refractivity contribution < 1.29 is 4.79 Å². The van der Waals surface area contributed by atoms with E-state index in [0.717, 1.165) is 21.6 Å². The highest BCUT2D eigenvalue weighted by Crippen LogP contribution is 2.32. The maximum absolute atomic E-state index is 11.1. The highest BCUT2D eigenvalue weighted by molar-refractivity contribution is 7.14. The molecule has 104 valence electrons. The van der Waals surface area contributed by atoms with E-state index in [0.29, 0.717) is 5.69 Å². The predicted molar refractivity (Wildman–Crippen MR) is 85.1 cm³/mol. The average molecular weight is 295 g/mol. The van der Waals surface area contributed by atoms with Gasteiger partial charge in [0.25, 0.3) is 0 Å². The minimum atomic E-state index is -0.101. The van der Waals surface area contributed by atoms with E-state index < -0.39 is 0 Å². The number of nitrogens with one attached hydrogen (secondary N) is 1. The van der Waals surface area contributed by atoms with Crippen molar-refractivity contribution in [1.29, 1.82) is 0 Å². The minimum Gasteiger partial charge on any atom is -0.325 e. The van der Waals surface area contributed by atoms with Crippen LogP contribution in [0.3, 0.4) is 0 Å². The molecule has 0 radical (unpaired) electrons. The van der Waals surface area contributed by atoms with E-state index >= 15 is 0 Å². The summed E-state index contributed by atoms with van der Waals surface area (Å²) < 4.78 is 0. The van der Waals surface area contributed by atoms with Crippen molar-refractivity contribution in [1.82, 2.24) is 9.97 Å². The zero-order valence-electron chi connectivity index (χ0n) is 11.4. The lowest BCUT2D eigenvalue weighted by atomic mass is 10.1. The Bertz CT molecular complexity index is 768. The molecular formula is C16H13N3OS. The lowest BCUT2D eigenvalue weighted by Crippen LogP contribution is -2.05. The molecule has 0 saturated heterocycles. The largest absolute Gasteiger partial charge is 0.325 e. The van der Waals surface area contributed by atoms with E-state index in [2.05, 4.69) is 26.7 Å². The van der Waals surface area contributed by atoms with E-state index in [-0.39, 0.29) is 5.91 Å². The molecule has 0 unspecified atom stereocenters. The molecule has 21 heavy (non-hydrogen) atoms. The summed E-state index contributed by atoms with van der Waals surface area (Å²) in [5, 5.41) is 4.84. The van der Waals surface area contributed by atoms with Crippen molar-refractivity contribution >= 4 is 22.9 Å². The standard InChI is InChI=1S/C16H13N3OS/c1-11(20)19-15-5-13(8-18-9-15)16-6-14(10-21-16)12-3-2-4-17-7-12/h2-10H,1H3,(H,19,20). The minimum absolute atomic E-state index is 0.101. The van der Waals surface area contributed by atoms with E-state index in [1.54, 1.807) is 29.9 Å². The van der Waals surface area contributed by atoms with Gasteiger partial charge in [0.05, 0.1) is 11.9 Å². The summed E-state index contributed by atoms with van der Waals surface area (Å²) in [4.78, 5) is 20.5. The summed E-state index contributed by atoms with van der Waals surface area (Å²) in [7, 11) is 0. The highest BCUT2D eigenvalue weighted by atomic mass is 32.1. The number of amides is 1. The quantitative estimate of drug-likeness (QED) is 0.799. The van der Waals surface area contributed by atoms with Crippen molar-refractivity contribution in [2.75, 3.05) is 5.32 Å². The zero-order chi connectivity index (χ0) is 14.7. The number of pyridine rings is 2. The van der Waals surface area contributed by atoms with Crippen LogP contribution in [-0.4, -0.2) is 15.9 Å². The van der Waals surface area contributed by atoms with Crippen molar-refractivity contribution in [3.05, 3.63) is 54.4 Å². The highest BCUT2D eigenvalue weighted by Gasteiger charge is 2.06. The third kappa shape index (κ3) is 3.14. The molecule has 3 rings (SSSR count). The molecule has 3 aromatic heterocycles. The summed E-state index contributed by atoms with van der Waals surface area (Å²) >= 11 is 1.64. The Labute approximate surface area is 126 Å². The first-order valence-electron chi connectivity index (χ1n) is 6.44. The molecule has 3 heterocycles. The second kappa shape index (κ2) is 5.85. The fourth-order valence-electron chi connectivity index (χ4n) is 2.02. The van der Waals surface area contributed by atoms with Crippen LogP contribution < -0.4 is 5.32 Å². The average Bonchev–Trinajstić information content (AvgIpc) is 2.98. The Morgan fingerprint density at radius 1 is 1.10 bits per heavy atom. The Morgan fingerprint density at radius 2 is 1.95 bits per heavy atom. The van der Waals surface area contributed by atoms with Gasteiger partial charge in [-0.25, -0.2) is 0 Å². The summed E-state index contributed by atoms with van der Waals surface area (Å²) in [5.41, 5.74) is 3.91. The van der Waals surface area contributed by atoms with Crippen molar-refractivity contribution in [2.45, 2.75) is 6.92 Å². The van der Waals surface area contributed by atoms with Crippen molar-refractivity contribution in [3.8, 4) is 21.6 Å². The van der Waals surface area contributed by atoms with Crippen LogP contribution in [0.1, 0.15) is 6.92 Å². The van der Waals surface area contributed by atoms with Gasteiger partial charge in [-0.3, -0.25) is 14.8 Å². The van der Waals surface area contributed by atoms with Gasteiger partial charge in [-0.1, -0.05) is 6.07 Å². The summed E-state index contributed by atoms with van der Waals surface area (Å²) in [6.45, 7) is 1.48. The smallest absolute Gasteiger partial charge is 0.221 e. The predicted octanol–water partition coefficient (Wildman–Crippen LogP) is 3.83. The lowest BCUT2D eigenvalue weighted by Gasteiger charge is -2.03. The van der Waals surface area contributed by atoms with Gasteiger partial charge in [0.15, 0.2) is 0 Å². The number of anilines is 1. The van der Waals surface area contributed by atoms with Gasteiger partial charge in [0.1, 0.15) is 0 Å². The number of carbonyl (C=O) groups is 1. The second-order valence-corrected chi connectivity index (χ2v) is 5.50. The second-order valence-electron chi connectivity index (χ2n) is 4.58. The SMILES string of the molecule is CC(=O)Nc1cncc(-c2cc(-c3cccnc3)cs2)c1. The molecule has 0 aliphatic rings. The van der Waals surface area contributed by atoms with Crippen LogP contribution >= 0.6 is 11.3 Å². The fourth-order valence-corrected chi connectivity index (χ4v) is 2.92. The molecule has 0 fully saturated rings. The molecule has 0 aliphatic heterocycles. The number of carbonyl (C=O) groups excluding carboxylic acids is 1.